The van der Waals surface area contributed by atoms with Crippen LogP contribution in [-0.4, -0.2) is 40.4 Å². The normalized spacial score (nSPS) is 12.1. The number of benzene rings is 12. The third-order valence-corrected chi connectivity index (χ3v) is 47.9. The molecule has 12 aromatic rings. The SMILES string of the molecule is c1ccc(C[Si](CCC[Si](CCC[Si](Cc2ccccc2)(Cc2ccccc2)Cc2ccccc2)(CCC[Si](Cc2ccccc2)(Cc2ccccc2)Cc2ccccc2)CCC[Si](Cc2ccccc2)(Cc2ccccc2)Cc2ccccc2)(Cc2ccccc2)Cc2ccccc2)cc1. The van der Waals surface area contributed by atoms with E-state index in [1.165, 1.54) is 213 Å². The molecule has 0 aliphatic heterocycles. The van der Waals surface area contributed by atoms with Crippen LogP contribution in [0.2, 0.25) is 48.4 Å². The Morgan fingerprint density at radius 3 is 0.297 bits per heavy atom. The first-order chi connectivity index (χ1) is 49.8. The van der Waals surface area contributed by atoms with Gasteiger partial charge in [-0.3, -0.25) is 0 Å². The molecule has 12 aromatic carbocycles. The van der Waals surface area contributed by atoms with Gasteiger partial charge in [0.05, 0.1) is 40.4 Å². The number of rotatable bonds is 40. The fraction of sp³-hybridized carbons (Fsp3) is 0.250. The van der Waals surface area contributed by atoms with Gasteiger partial charge in [0, 0.05) is 0 Å². The highest BCUT2D eigenvalue weighted by Crippen LogP contribution is 2.42. The molecule has 0 unspecified atom stereocenters. The van der Waals surface area contributed by atoms with Crippen molar-refractivity contribution in [3.63, 3.8) is 0 Å². The van der Waals surface area contributed by atoms with Crippen LogP contribution in [0, 0.1) is 0 Å². The lowest BCUT2D eigenvalue weighted by Crippen LogP contribution is -2.46. The Morgan fingerprint density at radius 2 is 0.198 bits per heavy atom. The first-order valence-electron chi connectivity index (χ1n) is 38.2. The van der Waals surface area contributed by atoms with Crippen molar-refractivity contribution in [2.75, 3.05) is 0 Å². The van der Waals surface area contributed by atoms with Gasteiger partial charge >= 0.3 is 0 Å². The van der Waals surface area contributed by atoms with E-state index in [-0.39, 0.29) is 0 Å². The van der Waals surface area contributed by atoms with Gasteiger partial charge in [-0.25, -0.2) is 0 Å². The van der Waals surface area contributed by atoms with Gasteiger partial charge in [-0.1, -0.05) is 505 Å². The Bertz CT molecular complexity index is 3240. The Morgan fingerprint density at radius 1 is 0.109 bits per heavy atom. The number of hydrogen-bond acceptors (Lipinski definition) is 0. The number of hydrogen-bond donors (Lipinski definition) is 0. The van der Waals surface area contributed by atoms with E-state index in [1.807, 2.05) is 0 Å². The third-order valence-electron chi connectivity index (χ3n) is 22.7. The molecule has 0 saturated heterocycles. The minimum absolute atomic E-state index is 1.21. The Balaban J connectivity index is 0.995. The van der Waals surface area contributed by atoms with Crippen LogP contribution in [-0.2, 0) is 72.5 Å². The van der Waals surface area contributed by atoms with E-state index in [9.17, 15) is 0 Å². The highest BCUT2D eigenvalue weighted by Gasteiger charge is 2.42. The van der Waals surface area contributed by atoms with Gasteiger partial charge in [0.15, 0.2) is 0 Å². The average molecular weight is 1400 g/mol. The van der Waals surface area contributed by atoms with E-state index < -0.39 is 40.4 Å². The monoisotopic (exact) mass is 1400 g/mol. The summed E-state index contributed by atoms with van der Waals surface area (Å²) in [6, 6.07) is 167. The van der Waals surface area contributed by atoms with Crippen LogP contribution in [0.15, 0.2) is 364 Å². The molecule has 101 heavy (non-hydrogen) atoms. The summed E-state index contributed by atoms with van der Waals surface area (Å²) in [5.74, 6) is 0. The summed E-state index contributed by atoms with van der Waals surface area (Å²) in [5, 5.41) is 0. The van der Waals surface area contributed by atoms with Crippen molar-refractivity contribution in [2.45, 2.75) is 147 Å². The summed E-state index contributed by atoms with van der Waals surface area (Å²) in [5.41, 5.74) is 18.3. The van der Waals surface area contributed by atoms with Crippen molar-refractivity contribution in [2.24, 2.45) is 0 Å². The summed E-state index contributed by atoms with van der Waals surface area (Å²) in [6.45, 7) is 0. The standard InChI is InChI=1S/C96H108Si5/c1-13-41-85(42-14-1)73-98(74-86-43-15-2-16-44-86,75-87-45-17-3-18-46-87)69-37-65-97(66-38-70-99(76-88-47-19-4-20-48-88,77-89-49-21-5-22-50-89)78-90-51-23-6-24-52-90,67-39-71-100(79-91-53-25-7-26-54-91,80-92-55-27-8-28-56-92)81-93-57-29-9-30-58-93)68-40-72-101(82-94-59-31-10-32-60-94,83-95-61-33-11-34-62-95)84-96-63-35-12-36-64-96/h1-36,41-64H,37-40,65-84H2. The maximum Gasteiger partial charge on any atom is 0.0666 e. The quantitative estimate of drug-likeness (QED) is 0.0336. The van der Waals surface area contributed by atoms with Gasteiger partial charge in [0.25, 0.3) is 0 Å². The molecule has 0 aliphatic carbocycles. The lowest BCUT2D eigenvalue weighted by atomic mass is 10.2. The van der Waals surface area contributed by atoms with Crippen LogP contribution in [0.1, 0.15) is 92.4 Å². The lowest BCUT2D eigenvalue weighted by Gasteiger charge is -2.40. The second kappa shape index (κ2) is 37.6. The van der Waals surface area contributed by atoms with Crippen molar-refractivity contribution >= 4 is 40.4 Å². The molecule has 0 spiro atoms. The van der Waals surface area contributed by atoms with Crippen molar-refractivity contribution in [3.8, 4) is 0 Å². The largest absolute Gasteiger partial charge is 0.0666 e. The predicted octanol–water partition coefficient (Wildman–Crippen LogP) is 24.2. The molecule has 0 aromatic heterocycles. The summed E-state index contributed by atoms with van der Waals surface area (Å²) >= 11 is 0. The summed E-state index contributed by atoms with van der Waals surface area (Å²) in [7, 11) is -10.8. The second-order valence-corrected chi connectivity index (χ2v) is 54.1. The Kier molecular flexibility index (Phi) is 27.0. The molecule has 5 heteroatoms. The van der Waals surface area contributed by atoms with Crippen molar-refractivity contribution in [3.05, 3.63) is 431 Å². The van der Waals surface area contributed by atoms with Gasteiger partial charge in [0.1, 0.15) is 0 Å². The van der Waals surface area contributed by atoms with Crippen LogP contribution in [0.25, 0.3) is 0 Å². The zero-order valence-electron chi connectivity index (χ0n) is 60.1. The topological polar surface area (TPSA) is 0 Å². The molecular formula is C96H108Si5. The van der Waals surface area contributed by atoms with Crippen molar-refractivity contribution < 1.29 is 0 Å². The van der Waals surface area contributed by atoms with E-state index >= 15 is 0 Å². The van der Waals surface area contributed by atoms with Gasteiger partial charge in [-0.05, 0) is 72.5 Å². The minimum Gasteiger partial charge on any atom is -0.0622 e. The summed E-state index contributed by atoms with van der Waals surface area (Å²) in [4.78, 5) is 0. The van der Waals surface area contributed by atoms with E-state index in [2.05, 4.69) is 364 Å². The maximum atomic E-state index is 2.46. The lowest BCUT2D eigenvalue weighted by molar-refractivity contribution is 0.841. The summed E-state index contributed by atoms with van der Waals surface area (Å²) in [6.07, 6.45) is 5.30. The Hall–Kier alpha value is -8.28. The molecule has 0 heterocycles. The molecule has 0 nitrogen and oxygen atoms in total. The van der Waals surface area contributed by atoms with Gasteiger partial charge in [-0.2, -0.15) is 0 Å². The smallest absolute Gasteiger partial charge is 0.0622 e. The van der Waals surface area contributed by atoms with E-state index in [4.69, 9.17) is 0 Å². The summed E-state index contributed by atoms with van der Waals surface area (Å²) < 4.78 is 0. The second-order valence-electron chi connectivity index (χ2n) is 30.9. The molecule has 0 saturated carbocycles. The molecule has 0 aliphatic rings. The van der Waals surface area contributed by atoms with Gasteiger partial charge in [-0.15, -0.1) is 0 Å². The predicted molar refractivity (Wildman–Crippen MR) is 447 cm³/mol. The third kappa shape index (κ3) is 22.9. The average Bonchev–Trinajstić information content (AvgIpc) is 0.825. The molecular weight excluding hydrogens is 1290 g/mol. The van der Waals surface area contributed by atoms with E-state index in [1.54, 1.807) is 0 Å². The molecule has 0 N–H and O–H groups in total. The molecule has 0 bridgehead atoms. The van der Waals surface area contributed by atoms with Crippen molar-refractivity contribution in [1.82, 2.24) is 0 Å². The maximum absolute atomic E-state index is 2.46. The van der Waals surface area contributed by atoms with Gasteiger partial charge < -0.3 is 0 Å². The van der Waals surface area contributed by atoms with Gasteiger partial charge in [0.2, 0.25) is 0 Å². The molecule has 512 valence electrons. The zero-order chi connectivity index (χ0) is 68.8. The fourth-order valence-electron chi connectivity index (χ4n) is 18.3. The molecule has 0 atom stereocenters. The molecule has 12 rings (SSSR count). The fourth-order valence-corrected chi connectivity index (χ4v) is 45.4. The van der Waals surface area contributed by atoms with Crippen LogP contribution in [0.5, 0.6) is 0 Å². The highest BCUT2D eigenvalue weighted by molar-refractivity contribution is 6.83. The van der Waals surface area contributed by atoms with Crippen LogP contribution >= 0.6 is 0 Å². The first-order valence-corrected chi connectivity index (χ1v) is 52.4. The van der Waals surface area contributed by atoms with Crippen molar-refractivity contribution in [1.29, 1.82) is 0 Å². The highest BCUT2D eigenvalue weighted by atomic mass is 28.3. The zero-order valence-corrected chi connectivity index (χ0v) is 65.1. The van der Waals surface area contributed by atoms with E-state index in [0.717, 1.165) is 0 Å². The molecule has 0 fully saturated rings. The van der Waals surface area contributed by atoms with Crippen LogP contribution in [0.4, 0.5) is 0 Å². The molecule has 0 radical (unpaired) electrons. The van der Waals surface area contributed by atoms with Crippen LogP contribution < -0.4 is 0 Å². The Labute approximate surface area is 613 Å². The first kappa shape index (κ1) is 72.5. The minimum atomic E-state index is -2.21. The van der Waals surface area contributed by atoms with E-state index in [0.29, 0.717) is 0 Å². The molecule has 0 amide bonds. The van der Waals surface area contributed by atoms with Crippen LogP contribution in [0.3, 0.4) is 0 Å².